The van der Waals surface area contributed by atoms with Gasteiger partial charge in [0.25, 0.3) is 0 Å². The van der Waals surface area contributed by atoms with Gasteiger partial charge < -0.3 is 9.84 Å². The first-order valence-electron chi connectivity index (χ1n) is 7.93. The van der Waals surface area contributed by atoms with E-state index in [1.54, 1.807) is 29.0 Å². The molecule has 124 valence electrons. The molecule has 1 aliphatic heterocycles. The summed E-state index contributed by atoms with van der Waals surface area (Å²) in [5.74, 6) is 0. The highest BCUT2D eigenvalue weighted by molar-refractivity contribution is 7.99. The number of benzene rings is 1. The van der Waals surface area contributed by atoms with Crippen molar-refractivity contribution >= 4 is 22.8 Å². The van der Waals surface area contributed by atoms with Gasteiger partial charge in [0.15, 0.2) is 11.9 Å². The number of aryl methyl sites for hydroxylation is 1. The van der Waals surface area contributed by atoms with Crippen molar-refractivity contribution in [2.24, 2.45) is 0 Å². The average molecular weight is 342 g/mol. The number of aromatic nitrogens is 4. The number of rotatable bonds is 4. The van der Waals surface area contributed by atoms with Crippen LogP contribution in [0.3, 0.4) is 0 Å². The molecule has 4 rings (SSSR count). The number of nitrogens with zero attached hydrogens (tertiary/aromatic N) is 4. The predicted molar refractivity (Wildman–Crippen MR) is 90.9 cm³/mol. The lowest BCUT2D eigenvalue weighted by molar-refractivity contribution is -0.0262. The van der Waals surface area contributed by atoms with Crippen molar-refractivity contribution in [3.05, 3.63) is 42.4 Å². The maximum atomic E-state index is 9.24. The molecule has 3 aromatic rings. The quantitative estimate of drug-likeness (QED) is 0.735. The molecule has 1 saturated heterocycles. The smallest absolute Gasteiger partial charge is 0.164 e. The summed E-state index contributed by atoms with van der Waals surface area (Å²) in [6.45, 7) is 2.11. The third-order valence-corrected chi connectivity index (χ3v) is 5.18. The van der Waals surface area contributed by atoms with Crippen molar-refractivity contribution in [1.82, 2.24) is 19.7 Å². The Balaban J connectivity index is 1.65. The molecule has 6 nitrogen and oxygen atoms in total. The van der Waals surface area contributed by atoms with Crippen LogP contribution in [0.4, 0.5) is 0 Å². The fourth-order valence-electron chi connectivity index (χ4n) is 2.85. The van der Waals surface area contributed by atoms with Gasteiger partial charge in [-0.25, -0.2) is 14.6 Å². The van der Waals surface area contributed by atoms with E-state index in [9.17, 15) is 5.11 Å². The van der Waals surface area contributed by atoms with Crippen LogP contribution >= 0.6 is 11.8 Å². The van der Waals surface area contributed by atoms with Crippen molar-refractivity contribution in [2.75, 3.05) is 6.61 Å². The zero-order chi connectivity index (χ0) is 16.5. The first-order valence-corrected chi connectivity index (χ1v) is 8.75. The molecule has 0 aliphatic carbocycles. The highest BCUT2D eigenvalue weighted by Crippen LogP contribution is 2.34. The number of aliphatic hydroxyl groups excluding tert-OH is 1. The molecular formula is C17H18N4O2S. The van der Waals surface area contributed by atoms with E-state index in [1.807, 2.05) is 0 Å². The summed E-state index contributed by atoms with van der Waals surface area (Å²) in [7, 11) is 0. The second-order valence-electron chi connectivity index (χ2n) is 5.89. The normalized spacial score (nSPS) is 20.8. The minimum Gasteiger partial charge on any atom is -0.394 e. The van der Waals surface area contributed by atoms with Crippen LogP contribution in [0.2, 0.25) is 0 Å². The Labute approximate surface area is 143 Å². The van der Waals surface area contributed by atoms with E-state index in [0.717, 1.165) is 33.8 Å². The molecule has 7 heteroatoms. The van der Waals surface area contributed by atoms with Crippen LogP contribution in [0, 0.1) is 6.92 Å². The number of ether oxygens (including phenoxy) is 1. The highest BCUT2D eigenvalue weighted by atomic mass is 32.2. The van der Waals surface area contributed by atoms with Crippen LogP contribution in [0.5, 0.6) is 0 Å². The van der Waals surface area contributed by atoms with Gasteiger partial charge in [-0.2, -0.15) is 5.10 Å². The molecule has 1 N–H and O–H groups in total. The minimum absolute atomic E-state index is 0.0409. The maximum Gasteiger partial charge on any atom is 0.164 e. The first-order chi connectivity index (χ1) is 11.7. The highest BCUT2D eigenvalue weighted by Gasteiger charge is 2.28. The fraction of sp³-hybridized carbons (Fsp3) is 0.353. The van der Waals surface area contributed by atoms with Gasteiger partial charge in [0.05, 0.1) is 24.3 Å². The molecule has 2 atom stereocenters. The summed E-state index contributed by atoms with van der Waals surface area (Å²) in [5, 5.41) is 15.5. The van der Waals surface area contributed by atoms with E-state index in [4.69, 9.17) is 4.74 Å². The lowest BCUT2D eigenvalue weighted by Gasteiger charge is -2.13. The number of aliphatic hydroxyl groups is 1. The van der Waals surface area contributed by atoms with Crippen LogP contribution < -0.4 is 0 Å². The fourth-order valence-corrected chi connectivity index (χ4v) is 3.70. The monoisotopic (exact) mass is 342 g/mol. The second-order valence-corrected chi connectivity index (χ2v) is 6.96. The molecule has 2 unspecified atom stereocenters. The SMILES string of the molecule is Cc1ccc(Sc2ncnc3c2cnn3C2CCC(CO)O2)cc1. The molecule has 3 heterocycles. The Morgan fingerprint density at radius 1 is 1.25 bits per heavy atom. The summed E-state index contributed by atoms with van der Waals surface area (Å²) in [6.07, 6.45) is 4.73. The number of fused-ring (bicyclic) bond motifs is 1. The molecule has 0 spiro atoms. The molecule has 0 amide bonds. The van der Waals surface area contributed by atoms with E-state index in [-0.39, 0.29) is 18.9 Å². The molecule has 0 radical (unpaired) electrons. The molecule has 2 aromatic heterocycles. The standard InChI is InChI=1S/C17H18N4O2S/c1-11-2-5-13(6-3-11)24-17-14-8-20-21(16(14)18-10-19-17)15-7-4-12(9-22)23-15/h2-3,5-6,8,10,12,15,22H,4,7,9H2,1H3. The van der Waals surface area contributed by atoms with Crippen molar-refractivity contribution in [1.29, 1.82) is 0 Å². The van der Waals surface area contributed by atoms with Crippen LogP contribution in [0.25, 0.3) is 11.0 Å². The van der Waals surface area contributed by atoms with Gasteiger partial charge in [-0.15, -0.1) is 0 Å². The first kappa shape index (κ1) is 15.6. The summed E-state index contributed by atoms with van der Waals surface area (Å²) in [4.78, 5) is 9.93. The van der Waals surface area contributed by atoms with E-state index in [2.05, 4.69) is 46.3 Å². The third kappa shape index (κ3) is 2.90. The van der Waals surface area contributed by atoms with Crippen LogP contribution in [-0.4, -0.2) is 37.6 Å². The zero-order valence-corrected chi connectivity index (χ0v) is 14.1. The van der Waals surface area contributed by atoms with Gasteiger partial charge >= 0.3 is 0 Å². The number of hydrogen-bond donors (Lipinski definition) is 1. The molecule has 0 bridgehead atoms. The largest absolute Gasteiger partial charge is 0.394 e. The van der Waals surface area contributed by atoms with Gasteiger partial charge in [-0.1, -0.05) is 29.5 Å². The van der Waals surface area contributed by atoms with Crippen LogP contribution in [-0.2, 0) is 4.74 Å². The Hall–Kier alpha value is -1.96. The molecular weight excluding hydrogens is 324 g/mol. The Morgan fingerprint density at radius 2 is 2.08 bits per heavy atom. The Kier molecular flexibility index (Phi) is 4.22. The van der Waals surface area contributed by atoms with Gasteiger partial charge in [0.2, 0.25) is 0 Å². The van der Waals surface area contributed by atoms with Crippen molar-refractivity contribution in [3.63, 3.8) is 0 Å². The van der Waals surface area contributed by atoms with E-state index in [0.29, 0.717) is 0 Å². The summed E-state index contributed by atoms with van der Waals surface area (Å²) >= 11 is 1.60. The molecule has 0 saturated carbocycles. The molecule has 24 heavy (non-hydrogen) atoms. The minimum atomic E-state index is -0.174. The second kappa shape index (κ2) is 6.51. The van der Waals surface area contributed by atoms with Gasteiger partial charge in [0.1, 0.15) is 11.4 Å². The van der Waals surface area contributed by atoms with Crippen molar-refractivity contribution in [2.45, 2.75) is 42.0 Å². The zero-order valence-electron chi connectivity index (χ0n) is 13.3. The number of hydrogen-bond acceptors (Lipinski definition) is 6. The molecule has 1 aromatic carbocycles. The molecule has 1 aliphatic rings. The van der Waals surface area contributed by atoms with E-state index in [1.165, 1.54) is 5.56 Å². The van der Waals surface area contributed by atoms with E-state index < -0.39 is 0 Å². The summed E-state index contributed by atoms with van der Waals surface area (Å²) in [5.41, 5.74) is 2.00. The van der Waals surface area contributed by atoms with E-state index >= 15 is 0 Å². The topological polar surface area (TPSA) is 73.1 Å². The Morgan fingerprint density at radius 3 is 2.83 bits per heavy atom. The maximum absolute atomic E-state index is 9.24. The Bertz CT molecular complexity index is 849. The van der Waals surface area contributed by atoms with Gasteiger partial charge in [0, 0.05) is 4.90 Å². The lowest BCUT2D eigenvalue weighted by atomic mass is 10.2. The lowest BCUT2D eigenvalue weighted by Crippen LogP contribution is -2.15. The third-order valence-electron chi connectivity index (χ3n) is 4.15. The van der Waals surface area contributed by atoms with Crippen LogP contribution in [0.15, 0.2) is 46.7 Å². The van der Waals surface area contributed by atoms with Crippen molar-refractivity contribution < 1.29 is 9.84 Å². The summed E-state index contributed by atoms with van der Waals surface area (Å²) < 4.78 is 7.62. The predicted octanol–water partition coefficient (Wildman–Crippen LogP) is 2.96. The van der Waals surface area contributed by atoms with Crippen LogP contribution in [0.1, 0.15) is 24.6 Å². The van der Waals surface area contributed by atoms with Gasteiger partial charge in [-0.05, 0) is 31.9 Å². The van der Waals surface area contributed by atoms with Crippen molar-refractivity contribution in [3.8, 4) is 0 Å². The van der Waals surface area contributed by atoms with Gasteiger partial charge in [-0.3, -0.25) is 0 Å². The molecule has 1 fully saturated rings. The summed E-state index contributed by atoms with van der Waals surface area (Å²) in [6, 6.07) is 8.35. The average Bonchev–Trinajstić information content (AvgIpc) is 3.23.